The van der Waals surface area contributed by atoms with E-state index in [1.54, 1.807) is 24.3 Å². The summed E-state index contributed by atoms with van der Waals surface area (Å²) in [5.41, 5.74) is 4.28. The van der Waals surface area contributed by atoms with E-state index in [1.165, 1.54) is 11.1 Å². The maximum Gasteiger partial charge on any atom is 0.343 e. The Morgan fingerprint density at radius 1 is 0.639 bits per heavy atom. The van der Waals surface area contributed by atoms with Gasteiger partial charge in [0.1, 0.15) is 5.75 Å². The normalized spacial score (nSPS) is 11.8. The molecule has 3 aromatic rings. The Hall–Kier alpha value is -3.20. The second-order valence-corrected chi connectivity index (χ2v) is 12.6. The van der Waals surface area contributed by atoms with Crippen molar-refractivity contribution in [2.24, 2.45) is 10.8 Å². The molecular formula is C33H42O3. The Bertz CT molecular complexity index is 1160. The molecule has 0 bridgehead atoms. The Labute approximate surface area is 217 Å². The molecule has 3 heteroatoms. The molecule has 0 aliphatic carbocycles. The fourth-order valence-corrected chi connectivity index (χ4v) is 3.46. The average Bonchev–Trinajstić information content (AvgIpc) is 2.77. The van der Waals surface area contributed by atoms with Crippen LogP contribution in [0.1, 0.15) is 99.7 Å². The highest BCUT2D eigenvalue weighted by atomic mass is 16.5. The molecule has 192 valence electrons. The number of aryl methyl sites for hydroxylation is 1. The minimum atomic E-state index is -0.511. The lowest BCUT2D eigenvalue weighted by molar-refractivity contribution is 0.0734. The lowest BCUT2D eigenvalue weighted by atomic mass is 9.78. The van der Waals surface area contributed by atoms with Crippen LogP contribution in [0.25, 0.3) is 0 Å². The summed E-state index contributed by atoms with van der Waals surface area (Å²) in [5, 5.41) is 0. The van der Waals surface area contributed by atoms with Crippen LogP contribution in [0.3, 0.4) is 0 Å². The predicted molar refractivity (Wildman–Crippen MR) is 150 cm³/mol. The van der Waals surface area contributed by atoms with Gasteiger partial charge in [0, 0.05) is 16.4 Å². The van der Waals surface area contributed by atoms with Crippen molar-refractivity contribution in [3.63, 3.8) is 0 Å². The molecule has 0 amide bonds. The summed E-state index contributed by atoms with van der Waals surface area (Å²) in [5.74, 6) is -0.0139. The van der Waals surface area contributed by atoms with Crippen LogP contribution in [0.5, 0.6) is 5.75 Å². The van der Waals surface area contributed by atoms with Gasteiger partial charge >= 0.3 is 5.97 Å². The zero-order chi connectivity index (χ0) is 27.3. The van der Waals surface area contributed by atoms with Crippen LogP contribution in [0.2, 0.25) is 0 Å². The summed E-state index contributed by atoms with van der Waals surface area (Å²) < 4.78 is 5.56. The first-order chi connectivity index (χ1) is 16.5. The fourth-order valence-electron chi connectivity index (χ4n) is 3.46. The molecule has 0 aliphatic rings. The first-order valence-corrected chi connectivity index (χ1v) is 12.5. The molecule has 3 nitrogen and oxygen atoms in total. The first kappa shape index (κ1) is 29.0. The molecule has 36 heavy (non-hydrogen) atoms. The van der Waals surface area contributed by atoms with Crippen LogP contribution in [0.15, 0.2) is 72.8 Å². The molecule has 0 radical (unpaired) electrons. The average molecular weight is 487 g/mol. The van der Waals surface area contributed by atoms with Crippen molar-refractivity contribution in [2.75, 3.05) is 0 Å². The van der Waals surface area contributed by atoms with Crippen molar-refractivity contribution in [3.05, 3.63) is 101 Å². The summed E-state index contributed by atoms with van der Waals surface area (Å²) in [4.78, 5) is 25.2. The molecule has 0 spiro atoms. The van der Waals surface area contributed by atoms with Crippen LogP contribution < -0.4 is 4.74 Å². The lowest BCUT2D eigenvalue weighted by Gasteiger charge is -2.26. The van der Waals surface area contributed by atoms with E-state index < -0.39 is 11.4 Å². The third kappa shape index (κ3) is 8.48. The predicted octanol–water partition coefficient (Wildman–Crippen LogP) is 8.82. The summed E-state index contributed by atoms with van der Waals surface area (Å²) in [6, 6.07) is 22.8. The Morgan fingerprint density at radius 3 is 1.56 bits per heavy atom. The number of ketones is 1. The molecule has 0 atom stereocenters. The lowest BCUT2D eigenvalue weighted by Crippen LogP contribution is -2.21. The highest BCUT2D eigenvalue weighted by Gasteiger charge is 2.25. The van der Waals surface area contributed by atoms with Gasteiger partial charge in [-0.1, -0.05) is 116 Å². The van der Waals surface area contributed by atoms with Crippen molar-refractivity contribution < 1.29 is 14.3 Å². The molecule has 0 fully saturated rings. The topological polar surface area (TPSA) is 43.4 Å². The van der Waals surface area contributed by atoms with Gasteiger partial charge < -0.3 is 4.74 Å². The maximum absolute atomic E-state index is 12.6. The van der Waals surface area contributed by atoms with Crippen molar-refractivity contribution in [3.8, 4) is 5.75 Å². The zero-order valence-electron chi connectivity index (χ0n) is 23.7. The van der Waals surface area contributed by atoms with Crippen LogP contribution in [-0.2, 0) is 5.41 Å². The van der Waals surface area contributed by atoms with Crippen molar-refractivity contribution in [1.82, 2.24) is 0 Å². The Morgan fingerprint density at radius 2 is 1.08 bits per heavy atom. The van der Waals surface area contributed by atoms with Gasteiger partial charge in [0.05, 0.1) is 5.56 Å². The molecule has 3 rings (SSSR count). The maximum atomic E-state index is 12.6. The third-order valence-electron chi connectivity index (χ3n) is 5.60. The van der Waals surface area contributed by atoms with E-state index in [0.717, 1.165) is 5.56 Å². The number of ether oxygens (including phenoxy) is 1. The number of benzene rings is 3. The van der Waals surface area contributed by atoms with E-state index in [2.05, 4.69) is 72.7 Å². The number of carbonyl (C=O) groups is 2. The smallest absolute Gasteiger partial charge is 0.343 e. The largest absolute Gasteiger partial charge is 0.423 e. The minimum Gasteiger partial charge on any atom is -0.423 e. The molecule has 0 saturated carbocycles. The molecule has 0 heterocycles. The van der Waals surface area contributed by atoms with E-state index in [0.29, 0.717) is 22.3 Å². The van der Waals surface area contributed by atoms with Gasteiger partial charge in [0.15, 0.2) is 5.78 Å². The minimum absolute atomic E-state index is 0.00941. The van der Waals surface area contributed by atoms with E-state index in [-0.39, 0.29) is 11.2 Å². The van der Waals surface area contributed by atoms with E-state index in [9.17, 15) is 9.59 Å². The van der Waals surface area contributed by atoms with Crippen LogP contribution in [0, 0.1) is 17.8 Å². The van der Waals surface area contributed by atoms with Gasteiger partial charge in [-0.15, -0.1) is 0 Å². The zero-order valence-corrected chi connectivity index (χ0v) is 23.7. The number of Topliss-reactive ketones (excluding diaryl/α,β-unsaturated/α-hetero) is 1. The number of esters is 1. The quantitative estimate of drug-likeness (QED) is 0.205. The SMILES string of the molecule is CC(C)(C)C.Cc1ccc(C(C)(C)c2ccc(OC(=O)c3cccc(C(=O)C(C)(C)C)c3)cc2)cc1. The molecule has 0 aliphatic heterocycles. The van der Waals surface area contributed by atoms with Gasteiger partial charge in [-0.05, 0) is 47.7 Å². The van der Waals surface area contributed by atoms with E-state index in [4.69, 9.17) is 4.74 Å². The summed E-state index contributed by atoms with van der Waals surface area (Å²) in [6.45, 7) is 20.8. The molecule has 0 N–H and O–H groups in total. The number of hydrogen-bond acceptors (Lipinski definition) is 3. The van der Waals surface area contributed by atoms with Gasteiger partial charge in [-0.25, -0.2) is 4.79 Å². The summed E-state index contributed by atoms with van der Waals surface area (Å²) in [7, 11) is 0. The monoisotopic (exact) mass is 486 g/mol. The van der Waals surface area contributed by atoms with Gasteiger partial charge in [-0.3, -0.25) is 4.79 Å². The van der Waals surface area contributed by atoms with E-state index >= 15 is 0 Å². The summed E-state index contributed by atoms with van der Waals surface area (Å²) >= 11 is 0. The third-order valence-corrected chi connectivity index (χ3v) is 5.60. The molecule has 0 unspecified atom stereocenters. The van der Waals surface area contributed by atoms with Crippen molar-refractivity contribution in [1.29, 1.82) is 0 Å². The van der Waals surface area contributed by atoms with Crippen LogP contribution in [0.4, 0.5) is 0 Å². The number of hydrogen-bond donors (Lipinski definition) is 0. The van der Waals surface area contributed by atoms with Crippen molar-refractivity contribution >= 4 is 11.8 Å². The van der Waals surface area contributed by atoms with Crippen LogP contribution in [-0.4, -0.2) is 11.8 Å². The second-order valence-electron chi connectivity index (χ2n) is 12.6. The number of carbonyl (C=O) groups excluding carboxylic acids is 2. The second kappa shape index (κ2) is 11.2. The molecular weight excluding hydrogens is 444 g/mol. The van der Waals surface area contributed by atoms with E-state index in [1.807, 2.05) is 45.0 Å². The molecule has 0 aromatic heterocycles. The Kier molecular flexibility index (Phi) is 9.07. The summed E-state index contributed by atoms with van der Waals surface area (Å²) in [6.07, 6.45) is 0. The first-order valence-electron chi connectivity index (χ1n) is 12.5. The highest BCUT2D eigenvalue weighted by Crippen LogP contribution is 2.32. The highest BCUT2D eigenvalue weighted by molar-refractivity contribution is 6.02. The standard InChI is InChI=1S/C28H30O3.C5H12/c1-19-10-12-22(13-11-19)28(5,6)23-14-16-24(17-15-23)31-26(30)21-9-7-8-20(18-21)25(29)27(2,3)4;1-5(2,3)4/h7-18H,1-6H3;1-4H3. The number of rotatable bonds is 5. The fraction of sp³-hybridized carbons (Fsp3) is 0.394. The van der Waals surface area contributed by atoms with Crippen molar-refractivity contribution in [2.45, 2.75) is 74.7 Å². The Balaban J connectivity index is 0.000000830. The van der Waals surface area contributed by atoms with Gasteiger partial charge in [0.2, 0.25) is 0 Å². The molecule has 0 saturated heterocycles. The van der Waals surface area contributed by atoms with Gasteiger partial charge in [0.25, 0.3) is 0 Å². The van der Waals surface area contributed by atoms with Gasteiger partial charge in [-0.2, -0.15) is 0 Å². The van der Waals surface area contributed by atoms with Crippen LogP contribution >= 0.6 is 0 Å². The molecule has 3 aromatic carbocycles.